The number of terminal acetylenes is 1. The molecule has 1 aliphatic rings. The molecule has 12 heavy (non-hydrogen) atoms. The quantitative estimate of drug-likeness (QED) is 0.545. The van der Waals surface area contributed by atoms with Gasteiger partial charge in [0.15, 0.2) is 0 Å². The van der Waals surface area contributed by atoms with Crippen molar-refractivity contribution in [3.8, 4) is 12.3 Å². The highest BCUT2D eigenvalue weighted by atomic mass is 16.4. The van der Waals surface area contributed by atoms with E-state index in [1.807, 2.05) is 5.92 Å². The van der Waals surface area contributed by atoms with Gasteiger partial charge in [0.05, 0.1) is 0 Å². The van der Waals surface area contributed by atoms with E-state index in [1.165, 1.54) is 4.90 Å². The van der Waals surface area contributed by atoms with Crippen molar-refractivity contribution in [1.29, 1.82) is 0 Å². The molecule has 1 unspecified atom stereocenters. The molecule has 64 valence electrons. The van der Waals surface area contributed by atoms with Crippen LogP contribution in [-0.4, -0.2) is 34.5 Å². The van der Waals surface area contributed by atoms with Crippen LogP contribution < -0.4 is 0 Å². The molecule has 0 saturated carbocycles. The lowest BCUT2D eigenvalue weighted by Crippen LogP contribution is -2.39. The van der Waals surface area contributed by atoms with Gasteiger partial charge in [0, 0.05) is 6.54 Å². The highest BCUT2D eigenvalue weighted by Gasteiger charge is 2.32. The number of carbonyl (C=O) groups is 2. The number of hydrogen-bond acceptors (Lipinski definition) is 2. The van der Waals surface area contributed by atoms with Crippen LogP contribution in [0.4, 0.5) is 0 Å². The number of aliphatic carboxylic acids is 1. The molecule has 4 nitrogen and oxygen atoms in total. The number of likely N-dealkylation sites (tertiary alicyclic amines) is 1. The lowest BCUT2D eigenvalue weighted by molar-refractivity contribution is -0.146. The molecule has 0 aromatic heterocycles. The van der Waals surface area contributed by atoms with Crippen LogP contribution in [0.1, 0.15) is 12.8 Å². The van der Waals surface area contributed by atoms with Gasteiger partial charge in [-0.05, 0) is 18.8 Å². The van der Waals surface area contributed by atoms with E-state index in [-0.39, 0.29) is 0 Å². The monoisotopic (exact) mass is 167 g/mol. The second kappa shape index (κ2) is 3.26. The van der Waals surface area contributed by atoms with Crippen LogP contribution in [0.5, 0.6) is 0 Å². The summed E-state index contributed by atoms with van der Waals surface area (Å²) in [5, 5.41) is 8.67. The van der Waals surface area contributed by atoms with Crippen molar-refractivity contribution >= 4 is 11.9 Å². The van der Waals surface area contributed by atoms with Crippen LogP contribution in [0.25, 0.3) is 0 Å². The first-order valence-electron chi connectivity index (χ1n) is 3.67. The fraction of sp³-hybridized carbons (Fsp3) is 0.500. The van der Waals surface area contributed by atoms with Crippen LogP contribution >= 0.6 is 0 Å². The van der Waals surface area contributed by atoms with Gasteiger partial charge >= 0.3 is 5.97 Å². The van der Waals surface area contributed by atoms with Crippen molar-refractivity contribution < 1.29 is 14.7 Å². The number of carboxylic acid groups (broad SMARTS) is 1. The molecule has 1 fully saturated rings. The maximum absolute atomic E-state index is 11.0. The second-order valence-corrected chi connectivity index (χ2v) is 2.64. The van der Waals surface area contributed by atoms with Gasteiger partial charge in [-0.1, -0.05) is 0 Å². The van der Waals surface area contributed by atoms with Crippen molar-refractivity contribution in [2.45, 2.75) is 18.9 Å². The zero-order valence-corrected chi connectivity index (χ0v) is 6.49. The fourth-order valence-corrected chi connectivity index (χ4v) is 1.35. The van der Waals surface area contributed by atoms with Gasteiger partial charge in [0.25, 0.3) is 5.91 Å². The molecule has 1 N–H and O–H groups in total. The van der Waals surface area contributed by atoms with Crippen molar-refractivity contribution in [3.05, 3.63) is 0 Å². The van der Waals surface area contributed by atoms with Crippen LogP contribution in [0.3, 0.4) is 0 Å². The van der Waals surface area contributed by atoms with E-state index in [0.717, 1.165) is 0 Å². The third-order valence-electron chi connectivity index (χ3n) is 1.92. The number of rotatable bonds is 1. The highest BCUT2D eigenvalue weighted by Crippen LogP contribution is 2.16. The van der Waals surface area contributed by atoms with Crippen LogP contribution in [-0.2, 0) is 9.59 Å². The normalized spacial score (nSPS) is 21.9. The predicted molar refractivity (Wildman–Crippen MR) is 41.2 cm³/mol. The van der Waals surface area contributed by atoms with E-state index in [1.54, 1.807) is 0 Å². The summed E-state index contributed by atoms with van der Waals surface area (Å²) in [7, 11) is 0. The molecule has 1 saturated heterocycles. The summed E-state index contributed by atoms with van der Waals surface area (Å²) >= 11 is 0. The Kier molecular flexibility index (Phi) is 2.34. The van der Waals surface area contributed by atoms with Crippen LogP contribution in [0.2, 0.25) is 0 Å². The first-order valence-corrected chi connectivity index (χ1v) is 3.67. The minimum absolute atomic E-state index is 0.458. The fourth-order valence-electron chi connectivity index (χ4n) is 1.35. The molecule has 0 aliphatic carbocycles. The molecule has 1 rings (SSSR count). The molecule has 0 radical (unpaired) electrons. The van der Waals surface area contributed by atoms with Crippen LogP contribution in [0.15, 0.2) is 0 Å². The molecule has 0 spiro atoms. The summed E-state index contributed by atoms with van der Waals surface area (Å²) in [6.07, 6.45) is 6.10. The second-order valence-electron chi connectivity index (χ2n) is 2.64. The Morgan fingerprint density at radius 3 is 2.75 bits per heavy atom. The minimum atomic E-state index is -0.976. The van der Waals surface area contributed by atoms with Gasteiger partial charge in [0.1, 0.15) is 6.04 Å². The Morgan fingerprint density at radius 2 is 2.25 bits per heavy atom. The number of hydrogen-bond donors (Lipinski definition) is 1. The van der Waals surface area contributed by atoms with Crippen molar-refractivity contribution in [2.75, 3.05) is 6.54 Å². The SMILES string of the molecule is C#CC(=O)N1CCCC1C(=O)O. The summed E-state index contributed by atoms with van der Waals surface area (Å²) in [4.78, 5) is 22.7. The molecule has 0 aromatic rings. The minimum Gasteiger partial charge on any atom is -0.480 e. The standard InChI is InChI=1S/C8H9NO3/c1-2-7(10)9-5-3-4-6(9)8(11)12/h1,6H,3-5H2,(H,11,12). The molecule has 0 bridgehead atoms. The van der Waals surface area contributed by atoms with E-state index < -0.39 is 17.9 Å². The Balaban J connectivity index is 2.72. The first-order chi connectivity index (χ1) is 5.66. The van der Waals surface area contributed by atoms with E-state index in [9.17, 15) is 9.59 Å². The number of carboxylic acids is 1. The Labute approximate surface area is 70.2 Å². The summed E-state index contributed by atoms with van der Waals surface area (Å²) in [6.45, 7) is 0.458. The summed E-state index contributed by atoms with van der Waals surface area (Å²) in [5.74, 6) is 0.412. The maximum Gasteiger partial charge on any atom is 0.326 e. The molecular weight excluding hydrogens is 158 g/mol. The zero-order chi connectivity index (χ0) is 9.14. The summed E-state index contributed by atoms with van der Waals surface area (Å²) in [5.41, 5.74) is 0. The Morgan fingerprint density at radius 1 is 1.58 bits per heavy atom. The lowest BCUT2D eigenvalue weighted by Gasteiger charge is -2.17. The zero-order valence-electron chi connectivity index (χ0n) is 6.49. The predicted octanol–water partition coefficient (Wildman–Crippen LogP) is -0.305. The number of nitrogens with zero attached hydrogens (tertiary/aromatic N) is 1. The topological polar surface area (TPSA) is 57.6 Å². The third-order valence-corrected chi connectivity index (χ3v) is 1.92. The van der Waals surface area contributed by atoms with Gasteiger partial charge in [0.2, 0.25) is 0 Å². The van der Waals surface area contributed by atoms with Gasteiger partial charge in [-0.3, -0.25) is 4.79 Å². The van der Waals surface area contributed by atoms with Gasteiger partial charge in [-0.2, -0.15) is 0 Å². The number of carbonyl (C=O) groups excluding carboxylic acids is 1. The average Bonchev–Trinajstić information content (AvgIpc) is 2.50. The molecule has 4 heteroatoms. The molecular formula is C8H9NO3. The van der Waals surface area contributed by atoms with Crippen molar-refractivity contribution in [3.63, 3.8) is 0 Å². The molecule has 0 aromatic carbocycles. The molecule has 1 heterocycles. The van der Waals surface area contributed by atoms with Gasteiger partial charge in [-0.25, -0.2) is 4.79 Å². The van der Waals surface area contributed by atoms with Gasteiger partial charge < -0.3 is 10.0 Å². The maximum atomic E-state index is 11.0. The van der Waals surface area contributed by atoms with Gasteiger partial charge in [-0.15, -0.1) is 6.42 Å². The lowest BCUT2D eigenvalue weighted by atomic mass is 10.2. The Hall–Kier alpha value is -1.50. The summed E-state index contributed by atoms with van der Waals surface area (Å²) in [6, 6.07) is -0.714. The van der Waals surface area contributed by atoms with E-state index >= 15 is 0 Å². The average molecular weight is 167 g/mol. The van der Waals surface area contributed by atoms with E-state index in [0.29, 0.717) is 19.4 Å². The van der Waals surface area contributed by atoms with Crippen molar-refractivity contribution in [2.24, 2.45) is 0 Å². The molecule has 1 atom stereocenters. The van der Waals surface area contributed by atoms with E-state index in [4.69, 9.17) is 11.5 Å². The molecule has 1 amide bonds. The highest BCUT2D eigenvalue weighted by molar-refractivity contribution is 5.95. The largest absolute Gasteiger partial charge is 0.480 e. The first kappa shape index (κ1) is 8.60. The van der Waals surface area contributed by atoms with E-state index in [2.05, 4.69) is 0 Å². The number of amides is 1. The van der Waals surface area contributed by atoms with Crippen molar-refractivity contribution in [1.82, 2.24) is 4.90 Å². The van der Waals surface area contributed by atoms with Crippen LogP contribution in [0, 0.1) is 12.3 Å². The Bertz CT molecular complexity index is 254. The third kappa shape index (κ3) is 1.40. The molecule has 1 aliphatic heterocycles. The smallest absolute Gasteiger partial charge is 0.326 e. The summed E-state index contributed by atoms with van der Waals surface area (Å²) < 4.78 is 0.